The lowest BCUT2D eigenvalue weighted by molar-refractivity contribution is -0.112. The van der Waals surface area contributed by atoms with Crippen molar-refractivity contribution in [3.05, 3.63) is 35.8 Å². The fourth-order valence-electron chi connectivity index (χ4n) is 3.32. The molecule has 1 saturated heterocycles. The number of fused-ring (bicyclic) bond motifs is 1. The average molecular weight is 336 g/mol. The molecule has 0 amide bonds. The Morgan fingerprint density at radius 2 is 2.12 bits per heavy atom. The number of aromatic nitrogens is 1. The minimum atomic E-state index is -2.97. The molecule has 0 bridgehead atoms. The van der Waals surface area contributed by atoms with Gasteiger partial charge >= 0.3 is 0 Å². The van der Waals surface area contributed by atoms with Crippen molar-refractivity contribution in [2.45, 2.75) is 26.2 Å². The number of halogens is 3. The number of carbonyl (C=O) groups excluding carboxylic acids is 1. The Balaban J connectivity index is 2.04. The van der Waals surface area contributed by atoms with E-state index in [0.717, 1.165) is 19.4 Å². The number of piperidine rings is 1. The van der Waals surface area contributed by atoms with Crippen molar-refractivity contribution in [2.24, 2.45) is 11.8 Å². The Morgan fingerprint density at radius 3 is 2.75 bits per heavy atom. The molecule has 24 heavy (non-hydrogen) atoms. The third-order valence-electron chi connectivity index (χ3n) is 4.77. The third kappa shape index (κ3) is 2.97. The quantitative estimate of drug-likeness (QED) is 0.790. The molecule has 1 fully saturated rings. The van der Waals surface area contributed by atoms with Crippen LogP contribution in [-0.2, 0) is 10.7 Å². The average Bonchev–Trinajstić information content (AvgIpc) is 2.53. The third-order valence-corrected chi connectivity index (χ3v) is 4.77. The van der Waals surface area contributed by atoms with Gasteiger partial charge in [0.15, 0.2) is 5.82 Å². The largest absolute Gasteiger partial charge is 0.368 e. The number of nitrogens with zero attached hydrogens (tertiary/aromatic N) is 2. The molecule has 0 spiro atoms. The highest BCUT2D eigenvalue weighted by molar-refractivity contribution is 5.92. The first-order chi connectivity index (χ1) is 11.3. The molecule has 3 nitrogen and oxygen atoms in total. The van der Waals surface area contributed by atoms with Crippen LogP contribution in [-0.4, -0.2) is 24.4 Å². The van der Waals surface area contributed by atoms with E-state index in [-0.39, 0.29) is 17.4 Å². The molecule has 1 aromatic carbocycles. The number of pyridine rings is 1. The van der Waals surface area contributed by atoms with Gasteiger partial charge in [-0.25, -0.2) is 13.2 Å². The van der Waals surface area contributed by atoms with Gasteiger partial charge in [-0.05, 0) is 18.4 Å². The molecule has 2 unspecified atom stereocenters. The first-order valence-electron chi connectivity index (χ1n) is 7.98. The summed E-state index contributed by atoms with van der Waals surface area (Å²) in [5.74, 6) is -3.36. The Labute approximate surface area is 138 Å². The van der Waals surface area contributed by atoms with Crippen LogP contribution in [0.2, 0.25) is 0 Å². The zero-order valence-electron chi connectivity index (χ0n) is 13.6. The summed E-state index contributed by atoms with van der Waals surface area (Å²) >= 11 is 0. The van der Waals surface area contributed by atoms with Crippen LogP contribution >= 0.6 is 0 Å². The molecule has 2 aromatic rings. The van der Waals surface area contributed by atoms with Gasteiger partial charge in [-0.1, -0.05) is 19.1 Å². The molecule has 1 aliphatic rings. The monoisotopic (exact) mass is 336 g/mol. The normalized spacial score (nSPS) is 22.0. The number of rotatable bonds is 3. The zero-order valence-corrected chi connectivity index (χ0v) is 13.6. The van der Waals surface area contributed by atoms with Gasteiger partial charge in [0.1, 0.15) is 6.29 Å². The number of aldehydes is 1. The maximum atomic E-state index is 14.4. The van der Waals surface area contributed by atoms with Crippen molar-refractivity contribution in [3.63, 3.8) is 0 Å². The van der Waals surface area contributed by atoms with Gasteiger partial charge in [-0.15, -0.1) is 0 Å². The summed E-state index contributed by atoms with van der Waals surface area (Å²) in [6.45, 7) is 3.88. The smallest absolute Gasteiger partial charge is 0.270 e. The standard InChI is InChI=1S/C18H19F3N2O/c1-11-9-23(6-5-12(11)10-24)17-14-4-3-13(18(2,20)21)7-16(14)22-8-15(17)19/h3-4,7-8,10-12H,5-6,9H2,1-2H3. The highest BCUT2D eigenvalue weighted by atomic mass is 19.3. The molecule has 1 aromatic heterocycles. The molecule has 0 aliphatic carbocycles. The van der Waals surface area contributed by atoms with E-state index in [2.05, 4.69) is 4.98 Å². The van der Waals surface area contributed by atoms with E-state index in [1.165, 1.54) is 18.2 Å². The van der Waals surface area contributed by atoms with Gasteiger partial charge in [0, 0.05) is 36.9 Å². The predicted molar refractivity (Wildman–Crippen MR) is 86.8 cm³/mol. The molecule has 2 atom stereocenters. The van der Waals surface area contributed by atoms with Crippen molar-refractivity contribution in [1.82, 2.24) is 4.98 Å². The highest BCUT2D eigenvalue weighted by Crippen LogP contribution is 2.35. The Bertz CT molecular complexity index is 773. The summed E-state index contributed by atoms with van der Waals surface area (Å²) < 4.78 is 41.4. The highest BCUT2D eigenvalue weighted by Gasteiger charge is 2.29. The fraction of sp³-hybridized carbons (Fsp3) is 0.444. The maximum absolute atomic E-state index is 14.4. The van der Waals surface area contributed by atoms with E-state index in [0.29, 0.717) is 36.1 Å². The van der Waals surface area contributed by atoms with Gasteiger partial charge in [-0.3, -0.25) is 4.98 Å². The van der Waals surface area contributed by atoms with E-state index in [1.54, 1.807) is 0 Å². The summed E-state index contributed by atoms with van der Waals surface area (Å²) in [7, 11) is 0. The summed E-state index contributed by atoms with van der Waals surface area (Å²) in [6.07, 6.45) is 2.68. The van der Waals surface area contributed by atoms with Crippen molar-refractivity contribution in [1.29, 1.82) is 0 Å². The zero-order chi connectivity index (χ0) is 17.5. The number of alkyl halides is 2. The van der Waals surface area contributed by atoms with Crippen LogP contribution in [0.1, 0.15) is 25.8 Å². The van der Waals surface area contributed by atoms with Crippen molar-refractivity contribution in [3.8, 4) is 0 Å². The summed E-state index contributed by atoms with van der Waals surface area (Å²) in [4.78, 5) is 16.9. The topological polar surface area (TPSA) is 33.2 Å². The second kappa shape index (κ2) is 6.07. The van der Waals surface area contributed by atoms with Crippen LogP contribution < -0.4 is 4.90 Å². The van der Waals surface area contributed by atoms with Gasteiger partial charge in [0.2, 0.25) is 0 Å². The number of anilines is 1. The van der Waals surface area contributed by atoms with Crippen molar-refractivity contribution in [2.75, 3.05) is 18.0 Å². The van der Waals surface area contributed by atoms with Gasteiger partial charge in [0.25, 0.3) is 5.92 Å². The Kier molecular flexibility index (Phi) is 4.24. The van der Waals surface area contributed by atoms with Crippen LogP contribution in [0, 0.1) is 17.7 Å². The SMILES string of the molecule is CC1CN(c2c(F)cnc3cc(C(C)(F)F)ccc23)CCC1C=O. The lowest BCUT2D eigenvalue weighted by Gasteiger charge is -2.36. The second-order valence-corrected chi connectivity index (χ2v) is 6.59. The van der Waals surface area contributed by atoms with Crippen LogP contribution in [0.15, 0.2) is 24.4 Å². The first kappa shape index (κ1) is 16.7. The number of benzene rings is 1. The lowest BCUT2D eigenvalue weighted by Crippen LogP contribution is -2.40. The van der Waals surface area contributed by atoms with E-state index in [4.69, 9.17) is 0 Å². The van der Waals surface area contributed by atoms with E-state index in [9.17, 15) is 18.0 Å². The number of hydrogen-bond acceptors (Lipinski definition) is 3. The van der Waals surface area contributed by atoms with Crippen LogP contribution in [0.3, 0.4) is 0 Å². The van der Waals surface area contributed by atoms with E-state index in [1.807, 2.05) is 11.8 Å². The van der Waals surface area contributed by atoms with Crippen LogP contribution in [0.25, 0.3) is 10.9 Å². The molecular formula is C18H19F3N2O. The minimum absolute atomic E-state index is 0.0252. The summed E-state index contributed by atoms with van der Waals surface area (Å²) in [6, 6.07) is 4.12. The lowest BCUT2D eigenvalue weighted by atomic mass is 9.87. The maximum Gasteiger partial charge on any atom is 0.270 e. The molecule has 2 heterocycles. The van der Waals surface area contributed by atoms with E-state index >= 15 is 0 Å². The molecule has 1 aliphatic heterocycles. The molecule has 0 saturated carbocycles. The summed E-state index contributed by atoms with van der Waals surface area (Å²) in [5, 5.41) is 0.514. The number of carbonyl (C=O) groups is 1. The van der Waals surface area contributed by atoms with Crippen molar-refractivity contribution >= 4 is 22.9 Å². The summed E-state index contributed by atoms with van der Waals surface area (Å²) in [5.41, 5.74) is 0.575. The minimum Gasteiger partial charge on any atom is -0.368 e. The molecule has 0 N–H and O–H groups in total. The van der Waals surface area contributed by atoms with Crippen LogP contribution in [0.4, 0.5) is 18.9 Å². The Hall–Kier alpha value is -2.11. The second-order valence-electron chi connectivity index (χ2n) is 6.59. The van der Waals surface area contributed by atoms with E-state index < -0.39 is 11.7 Å². The van der Waals surface area contributed by atoms with Gasteiger partial charge < -0.3 is 9.69 Å². The van der Waals surface area contributed by atoms with Crippen molar-refractivity contribution < 1.29 is 18.0 Å². The molecule has 3 rings (SSSR count). The van der Waals surface area contributed by atoms with Crippen LogP contribution in [0.5, 0.6) is 0 Å². The predicted octanol–water partition coefficient (Wildman–Crippen LogP) is 4.15. The molecule has 0 radical (unpaired) electrons. The van der Waals surface area contributed by atoms with Gasteiger partial charge in [-0.2, -0.15) is 0 Å². The first-order valence-corrected chi connectivity index (χ1v) is 7.98. The fourth-order valence-corrected chi connectivity index (χ4v) is 3.32. The van der Waals surface area contributed by atoms with Gasteiger partial charge in [0.05, 0.1) is 17.4 Å². The molecular weight excluding hydrogens is 317 g/mol. The number of hydrogen-bond donors (Lipinski definition) is 0. The molecule has 128 valence electrons. The Morgan fingerprint density at radius 1 is 1.38 bits per heavy atom. The molecule has 6 heteroatoms.